The van der Waals surface area contributed by atoms with Crippen LogP contribution in [0.25, 0.3) is 10.2 Å². The number of aromatic nitrogens is 2. The van der Waals surface area contributed by atoms with Crippen molar-refractivity contribution in [3.8, 4) is 0 Å². The van der Waals surface area contributed by atoms with Crippen molar-refractivity contribution in [2.24, 2.45) is 0 Å². The Morgan fingerprint density at radius 3 is 2.78 bits per heavy atom. The third-order valence-corrected chi connectivity index (χ3v) is 6.56. The fourth-order valence-electron chi connectivity index (χ4n) is 4.13. The Balaban J connectivity index is 1.88. The van der Waals surface area contributed by atoms with Gasteiger partial charge in [-0.2, -0.15) is 0 Å². The molecular weight excluding hydrogens is 306 g/mol. The Morgan fingerprint density at radius 2 is 2.04 bits per heavy atom. The molecule has 0 spiro atoms. The van der Waals surface area contributed by atoms with Crippen LogP contribution in [0.1, 0.15) is 54.9 Å². The zero-order valence-electron chi connectivity index (χ0n) is 14.1. The lowest BCUT2D eigenvalue weighted by Gasteiger charge is -2.31. The number of hydrogen-bond acceptors (Lipinski definition) is 4. The van der Waals surface area contributed by atoms with Crippen molar-refractivity contribution in [1.29, 1.82) is 0 Å². The molecule has 1 aliphatic carbocycles. The van der Waals surface area contributed by atoms with Gasteiger partial charge in [0.05, 0.1) is 5.39 Å². The van der Waals surface area contributed by atoms with E-state index in [2.05, 4.69) is 23.4 Å². The van der Waals surface area contributed by atoms with Crippen LogP contribution in [0.3, 0.4) is 0 Å². The Labute approximate surface area is 141 Å². The molecule has 5 heteroatoms. The summed E-state index contributed by atoms with van der Waals surface area (Å²) in [5, 5.41) is 0.946. The molecule has 23 heavy (non-hydrogen) atoms. The number of nitrogens with zero attached hydrogens (tertiary/aromatic N) is 3. The molecule has 2 aromatic heterocycles. The van der Waals surface area contributed by atoms with E-state index in [1.54, 1.807) is 11.3 Å². The van der Waals surface area contributed by atoms with Gasteiger partial charge in [-0.3, -0.25) is 9.36 Å². The normalized spacial score (nSPS) is 19.6. The first-order valence-electron chi connectivity index (χ1n) is 8.93. The predicted molar refractivity (Wildman–Crippen MR) is 95.7 cm³/mol. The van der Waals surface area contributed by atoms with Crippen LogP contribution in [-0.4, -0.2) is 34.6 Å². The van der Waals surface area contributed by atoms with Crippen LogP contribution >= 0.6 is 11.3 Å². The topological polar surface area (TPSA) is 38.1 Å². The summed E-state index contributed by atoms with van der Waals surface area (Å²) < 4.78 is 2.07. The van der Waals surface area contributed by atoms with Gasteiger partial charge < -0.3 is 4.90 Å². The maximum atomic E-state index is 13.3. The average Bonchev–Trinajstić information content (AvgIpc) is 3.09. The predicted octanol–water partition coefficient (Wildman–Crippen LogP) is 3.17. The molecule has 1 fully saturated rings. The molecule has 0 N–H and O–H groups in total. The summed E-state index contributed by atoms with van der Waals surface area (Å²) in [5.41, 5.74) is 1.56. The Kier molecular flexibility index (Phi) is 4.01. The minimum atomic E-state index is 0.243. The highest BCUT2D eigenvalue weighted by Gasteiger charge is 2.27. The molecule has 0 amide bonds. The van der Waals surface area contributed by atoms with E-state index in [0.717, 1.165) is 67.7 Å². The summed E-state index contributed by atoms with van der Waals surface area (Å²) in [6, 6.07) is 0.328. The number of hydrogen-bond donors (Lipinski definition) is 0. The minimum absolute atomic E-state index is 0.243. The molecule has 1 saturated heterocycles. The lowest BCUT2D eigenvalue weighted by Crippen LogP contribution is -2.37. The molecule has 0 bridgehead atoms. The molecule has 0 atom stereocenters. The van der Waals surface area contributed by atoms with Crippen LogP contribution in [0.4, 0.5) is 0 Å². The standard InChI is InChI=1S/C18H25N3OS/c1-3-5-15-19-17-16(13-6-4-7-14(13)23-17)18(22)21(15)12-8-10-20(2)11-9-12/h12H,3-11H2,1-2H3. The second kappa shape index (κ2) is 6.02. The highest BCUT2D eigenvalue weighted by molar-refractivity contribution is 7.18. The van der Waals surface area contributed by atoms with Crippen molar-refractivity contribution in [3.05, 3.63) is 26.6 Å². The number of fused-ring (bicyclic) bond motifs is 3. The van der Waals surface area contributed by atoms with Gasteiger partial charge in [-0.25, -0.2) is 4.98 Å². The Morgan fingerprint density at radius 1 is 1.26 bits per heavy atom. The third kappa shape index (κ3) is 2.54. The van der Waals surface area contributed by atoms with Gasteiger partial charge in [-0.1, -0.05) is 6.92 Å². The van der Waals surface area contributed by atoms with Gasteiger partial charge in [-0.05, 0) is 64.2 Å². The molecule has 0 radical (unpaired) electrons. The summed E-state index contributed by atoms with van der Waals surface area (Å²) in [4.78, 5) is 23.1. The van der Waals surface area contributed by atoms with Crippen LogP contribution in [0.2, 0.25) is 0 Å². The first-order chi connectivity index (χ1) is 11.2. The number of rotatable bonds is 3. The molecule has 0 aromatic carbocycles. The van der Waals surface area contributed by atoms with Gasteiger partial charge in [0.1, 0.15) is 10.7 Å². The molecule has 4 nitrogen and oxygen atoms in total. The maximum Gasteiger partial charge on any atom is 0.262 e. The van der Waals surface area contributed by atoms with Crippen LogP contribution < -0.4 is 5.56 Å². The Bertz CT molecular complexity index is 784. The molecule has 2 aliphatic rings. The fourth-order valence-corrected chi connectivity index (χ4v) is 5.40. The van der Waals surface area contributed by atoms with Crippen molar-refractivity contribution in [2.75, 3.05) is 20.1 Å². The largest absolute Gasteiger partial charge is 0.306 e. The first kappa shape index (κ1) is 15.3. The van der Waals surface area contributed by atoms with Gasteiger partial charge in [0.25, 0.3) is 5.56 Å². The van der Waals surface area contributed by atoms with E-state index >= 15 is 0 Å². The molecule has 0 unspecified atom stereocenters. The van der Waals surface area contributed by atoms with Gasteiger partial charge in [-0.15, -0.1) is 11.3 Å². The lowest BCUT2D eigenvalue weighted by atomic mass is 10.0. The minimum Gasteiger partial charge on any atom is -0.306 e. The molecule has 124 valence electrons. The highest BCUT2D eigenvalue weighted by atomic mass is 32.1. The SMILES string of the molecule is CCCc1nc2sc3c(c2c(=O)n1C1CCN(C)CC1)CCC3. The summed E-state index contributed by atoms with van der Waals surface area (Å²) >= 11 is 1.76. The van der Waals surface area contributed by atoms with E-state index in [9.17, 15) is 4.79 Å². The van der Waals surface area contributed by atoms with Crippen molar-refractivity contribution < 1.29 is 0 Å². The van der Waals surface area contributed by atoms with E-state index in [1.165, 1.54) is 16.9 Å². The van der Waals surface area contributed by atoms with Gasteiger partial charge >= 0.3 is 0 Å². The number of thiophene rings is 1. The second-order valence-corrected chi connectivity index (χ2v) is 8.11. The summed E-state index contributed by atoms with van der Waals surface area (Å²) in [6.07, 6.45) is 7.45. The van der Waals surface area contributed by atoms with E-state index in [1.807, 2.05) is 0 Å². The molecule has 3 heterocycles. The summed E-state index contributed by atoms with van der Waals surface area (Å²) in [6.45, 7) is 4.31. The molecular formula is C18H25N3OS. The fraction of sp³-hybridized carbons (Fsp3) is 0.667. The summed E-state index contributed by atoms with van der Waals surface area (Å²) in [7, 11) is 2.17. The zero-order chi connectivity index (χ0) is 16.0. The second-order valence-electron chi connectivity index (χ2n) is 7.03. The monoisotopic (exact) mass is 331 g/mol. The molecule has 1 aliphatic heterocycles. The van der Waals surface area contributed by atoms with Crippen LogP contribution in [0.5, 0.6) is 0 Å². The van der Waals surface area contributed by atoms with Gasteiger partial charge in [0.2, 0.25) is 0 Å². The van der Waals surface area contributed by atoms with Gasteiger partial charge in [0, 0.05) is 17.3 Å². The Hall–Kier alpha value is -1.20. The van der Waals surface area contributed by atoms with Crippen LogP contribution in [0.15, 0.2) is 4.79 Å². The molecule has 0 saturated carbocycles. The van der Waals surface area contributed by atoms with Crippen molar-refractivity contribution in [1.82, 2.24) is 14.5 Å². The quantitative estimate of drug-likeness (QED) is 0.867. The van der Waals surface area contributed by atoms with Crippen molar-refractivity contribution >= 4 is 21.6 Å². The lowest BCUT2D eigenvalue weighted by molar-refractivity contribution is 0.215. The van der Waals surface area contributed by atoms with Gasteiger partial charge in [0.15, 0.2) is 0 Å². The number of piperidine rings is 1. The number of likely N-dealkylation sites (tertiary alicyclic amines) is 1. The highest BCUT2D eigenvalue weighted by Crippen LogP contribution is 2.35. The van der Waals surface area contributed by atoms with E-state index < -0.39 is 0 Å². The summed E-state index contributed by atoms with van der Waals surface area (Å²) in [5.74, 6) is 1.01. The van der Waals surface area contributed by atoms with Crippen molar-refractivity contribution in [2.45, 2.75) is 57.9 Å². The van der Waals surface area contributed by atoms with E-state index in [0.29, 0.717) is 6.04 Å². The first-order valence-corrected chi connectivity index (χ1v) is 9.75. The van der Waals surface area contributed by atoms with Crippen molar-refractivity contribution in [3.63, 3.8) is 0 Å². The average molecular weight is 331 g/mol. The van der Waals surface area contributed by atoms with E-state index in [-0.39, 0.29) is 5.56 Å². The van der Waals surface area contributed by atoms with E-state index in [4.69, 9.17) is 4.98 Å². The zero-order valence-corrected chi connectivity index (χ0v) is 14.9. The van der Waals surface area contributed by atoms with Crippen LogP contribution in [-0.2, 0) is 19.3 Å². The third-order valence-electron chi connectivity index (χ3n) is 5.37. The van der Waals surface area contributed by atoms with Crippen LogP contribution in [0, 0.1) is 0 Å². The molecule has 2 aromatic rings. The number of aryl methyl sites for hydroxylation is 3. The maximum absolute atomic E-state index is 13.3. The smallest absolute Gasteiger partial charge is 0.262 e. The molecule has 4 rings (SSSR count).